The van der Waals surface area contributed by atoms with Gasteiger partial charge in [0.15, 0.2) is 0 Å². The van der Waals surface area contributed by atoms with Crippen molar-refractivity contribution in [1.82, 2.24) is 0 Å². The molecular weight excluding hydrogens is 124 g/mol. The maximum Gasteiger partial charge on any atom is 0.0611 e. The van der Waals surface area contributed by atoms with Gasteiger partial charge in [-0.1, -0.05) is 26.2 Å². The number of ether oxygens (including phenoxy) is 1. The highest BCUT2D eigenvalue weighted by atomic mass is 16.5. The van der Waals surface area contributed by atoms with E-state index < -0.39 is 0 Å². The van der Waals surface area contributed by atoms with E-state index in [2.05, 4.69) is 13.3 Å². The molecule has 1 saturated carbocycles. The van der Waals surface area contributed by atoms with Crippen LogP contribution in [0.5, 0.6) is 0 Å². The van der Waals surface area contributed by atoms with E-state index in [1.165, 1.54) is 25.7 Å². The molecule has 1 heteroatoms. The third-order valence-corrected chi connectivity index (χ3v) is 1.65. The molecule has 10 heavy (non-hydrogen) atoms. The minimum Gasteiger partial charge on any atom is -0.378 e. The Morgan fingerprint density at radius 1 is 1.40 bits per heavy atom. The van der Waals surface area contributed by atoms with Crippen LogP contribution in [0.4, 0.5) is 0 Å². The second kappa shape index (κ2) is 4.73. The van der Waals surface area contributed by atoms with Crippen LogP contribution in [0.3, 0.4) is 0 Å². The molecule has 0 N–H and O–H groups in total. The molecule has 0 heterocycles. The Morgan fingerprint density at radius 2 is 2.20 bits per heavy atom. The largest absolute Gasteiger partial charge is 0.378 e. The van der Waals surface area contributed by atoms with Gasteiger partial charge in [0.05, 0.1) is 6.10 Å². The molecule has 0 amide bonds. The summed E-state index contributed by atoms with van der Waals surface area (Å²) in [6.07, 6.45) is 8.68. The second-order valence-corrected chi connectivity index (χ2v) is 2.79. The summed E-state index contributed by atoms with van der Waals surface area (Å²) in [5.41, 5.74) is 0. The zero-order valence-corrected chi connectivity index (χ0v) is 6.51. The predicted molar refractivity (Wildman–Crippen MR) is 42.5 cm³/mol. The van der Waals surface area contributed by atoms with Crippen molar-refractivity contribution in [2.75, 3.05) is 6.61 Å². The van der Waals surface area contributed by atoms with Crippen molar-refractivity contribution in [1.29, 1.82) is 0 Å². The molecule has 0 aromatic rings. The molecule has 1 rings (SSSR count). The van der Waals surface area contributed by atoms with Crippen LogP contribution in [-0.4, -0.2) is 12.7 Å². The van der Waals surface area contributed by atoms with Crippen molar-refractivity contribution in [2.45, 2.75) is 38.2 Å². The number of hydrogen-bond donors (Lipinski definition) is 0. The van der Waals surface area contributed by atoms with E-state index in [9.17, 15) is 0 Å². The molecule has 0 spiro atoms. The molecule has 0 saturated heterocycles. The highest BCUT2D eigenvalue weighted by Gasteiger charge is 2.21. The quantitative estimate of drug-likeness (QED) is 0.515. The van der Waals surface area contributed by atoms with Crippen LogP contribution in [0.15, 0.2) is 0 Å². The van der Waals surface area contributed by atoms with Crippen molar-refractivity contribution in [3.05, 3.63) is 13.3 Å². The normalized spacial score (nSPS) is 17.7. The molecule has 1 fully saturated rings. The third kappa shape index (κ3) is 3.89. The Labute approximate surface area is 63.8 Å². The molecule has 0 bridgehead atoms. The van der Waals surface area contributed by atoms with Gasteiger partial charge in [0, 0.05) is 6.61 Å². The lowest BCUT2D eigenvalue weighted by Gasteiger charge is -1.99. The summed E-state index contributed by atoms with van der Waals surface area (Å²) in [7, 11) is 0. The van der Waals surface area contributed by atoms with Crippen molar-refractivity contribution in [2.24, 2.45) is 0 Å². The molecular formula is C9H16O. The first kappa shape index (κ1) is 8.06. The van der Waals surface area contributed by atoms with Crippen molar-refractivity contribution < 1.29 is 4.74 Å². The minimum atomic E-state index is 0.514. The second-order valence-electron chi connectivity index (χ2n) is 2.79. The van der Waals surface area contributed by atoms with E-state index in [4.69, 9.17) is 4.74 Å². The molecule has 1 atom stereocenters. The highest BCUT2D eigenvalue weighted by Crippen LogP contribution is 2.21. The van der Waals surface area contributed by atoms with E-state index in [1.807, 2.05) is 0 Å². The lowest BCUT2D eigenvalue weighted by molar-refractivity contribution is 0.123. The van der Waals surface area contributed by atoms with Gasteiger partial charge in [-0.25, -0.2) is 0 Å². The molecule has 1 nitrogen and oxygen atoms in total. The van der Waals surface area contributed by atoms with Gasteiger partial charge in [-0.2, -0.15) is 0 Å². The SMILES string of the molecule is [CH2]CCCCCOC1[CH]C1. The zero-order valence-electron chi connectivity index (χ0n) is 6.51. The molecule has 58 valence electrons. The van der Waals surface area contributed by atoms with E-state index >= 15 is 0 Å². The Kier molecular flexibility index (Phi) is 3.81. The van der Waals surface area contributed by atoms with E-state index in [0.29, 0.717) is 6.10 Å². The van der Waals surface area contributed by atoms with Crippen LogP contribution in [0, 0.1) is 13.3 Å². The first-order valence-electron chi connectivity index (χ1n) is 4.17. The van der Waals surface area contributed by atoms with Gasteiger partial charge < -0.3 is 4.74 Å². The number of rotatable bonds is 6. The third-order valence-electron chi connectivity index (χ3n) is 1.65. The fraction of sp³-hybridized carbons (Fsp3) is 0.778. The van der Waals surface area contributed by atoms with Crippen molar-refractivity contribution in [3.63, 3.8) is 0 Å². The van der Waals surface area contributed by atoms with Crippen LogP contribution >= 0.6 is 0 Å². The Morgan fingerprint density at radius 3 is 2.80 bits per heavy atom. The molecule has 1 aliphatic rings. The average molecular weight is 140 g/mol. The van der Waals surface area contributed by atoms with Crippen molar-refractivity contribution >= 4 is 0 Å². The summed E-state index contributed by atoms with van der Waals surface area (Å²) < 4.78 is 5.42. The summed E-state index contributed by atoms with van der Waals surface area (Å²) in [6.45, 7) is 4.73. The van der Waals surface area contributed by atoms with E-state index in [-0.39, 0.29) is 0 Å². The molecule has 0 aliphatic heterocycles. The number of unbranched alkanes of at least 4 members (excludes halogenated alkanes) is 3. The monoisotopic (exact) mass is 140 g/mol. The van der Waals surface area contributed by atoms with Crippen molar-refractivity contribution in [3.8, 4) is 0 Å². The highest BCUT2D eigenvalue weighted by molar-refractivity contribution is 4.96. The molecule has 0 aromatic carbocycles. The molecule has 1 aliphatic carbocycles. The van der Waals surface area contributed by atoms with Gasteiger partial charge in [-0.15, -0.1) is 0 Å². The molecule has 0 aromatic heterocycles. The van der Waals surface area contributed by atoms with Crippen LogP contribution in [0.25, 0.3) is 0 Å². The standard InChI is InChI=1S/C9H16O/c1-2-3-4-5-8-10-9-6-7-9/h6,9H,1-5,7-8H2. The van der Waals surface area contributed by atoms with Crippen LogP contribution in [0.2, 0.25) is 0 Å². The Hall–Kier alpha value is -0.0400. The van der Waals surface area contributed by atoms with E-state index in [0.717, 1.165) is 13.0 Å². The zero-order chi connectivity index (χ0) is 7.23. The summed E-state index contributed by atoms with van der Waals surface area (Å²) in [6, 6.07) is 0. The van der Waals surface area contributed by atoms with Crippen LogP contribution < -0.4 is 0 Å². The fourth-order valence-electron chi connectivity index (χ4n) is 0.882. The summed E-state index contributed by atoms with van der Waals surface area (Å²) >= 11 is 0. The van der Waals surface area contributed by atoms with Gasteiger partial charge in [-0.05, 0) is 19.3 Å². The Bertz CT molecular complexity index is 76.8. The summed E-state index contributed by atoms with van der Waals surface area (Å²) in [5.74, 6) is 0. The van der Waals surface area contributed by atoms with Gasteiger partial charge >= 0.3 is 0 Å². The lowest BCUT2D eigenvalue weighted by atomic mass is 10.2. The molecule has 1 unspecified atom stereocenters. The lowest BCUT2D eigenvalue weighted by Crippen LogP contribution is -1.95. The maximum atomic E-state index is 5.42. The van der Waals surface area contributed by atoms with Gasteiger partial charge in [-0.3, -0.25) is 0 Å². The van der Waals surface area contributed by atoms with Gasteiger partial charge in [0.1, 0.15) is 0 Å². The molecule has 2 radical (unpaired) electrons. The maximum absolute atomic E-state index is 5.42. The first-order valence-corrected chi connectivity index (χ1v) is 4.17. The van der Waals surface area contributed by atoms with E-state index in [1.54, 1.807) is 0 Å². The summed E-state index contributed by atoms with van der Waals surface area (Å²) in [4.78, 5) is 0. The first-order chi connectivity index (χ1) is 4.93. The summed E-state index contributed by atoms with van der Waals surface area (Å²) in [5, 5.41) is 0. The minimum absolute atomic E-state index is 0.514. The van der Waals surface area contributed by atoms with Gasteiger partial charge in [0.25, 0.3) is 0 Å². The van der Waals surface area contributed by atoms with Crippen LogP contribution in [-0.2, 0) is 4.74 Å². The topological polar surface area (TPSA) is 9.23 Å². The Balaban J connectivity index is 1.68. The van der Waals surface area contributed by atoms with Crippen LogP contribution in [0.1, 0.15) is 32.1 Å². The van der Waals surface area contributed by atoms with Gasteiger partial charge in [0.2, 0.25) is 0 Å². The average Bonchev–Trinajstić information content (AvgIpc) is 2.71. The smallest absolute Gasteiger partial charge is 0.0611 e. The number of hydrogen-bond acceptors (Lipinski definition) is 1. The fourth-order valence-corrected chi connectivity index (χ4v) is 0.882. The predicted octanol–water partition coefficient (Wildman–Crippen LogP) is 2.37.